The van der Waals surface area contributed by atoms with Crippen LogP contribution in [0.2, 0.25) is 0 Å². The number of allylic oxidation sites excluding steroid dienone is 1. The van der Waals surface area contributed by atoms with Crippen LogP contribution in [0.3, 0.4) is 0 Å². The fourth-order valence-corrected chi connectivity index (χ4v) is 9.18. The largest absolute Gasteiger partial charge is 0.396 e. The number of hydrogen-bond donors (Lipinski definition) is 4. The average Bonchev–Trinajstić information content (AvgIpc) is 3.10. The topological polar surface area (TPSA) is 80.9 Å². The summed E-state index contributed by atoms with van der Waals surface area (Å²) in [6.07, 6.45) is 7.67. The minimum atomic E-state index is -0.931. The highest BCUT2D eigenvalue weighted by Crippen LogP contribution is 2.69. The average molecular weight is 449 g/mol. The third-order valence-electron chi connectivity index (χ3n) is 11.3. The van der Waals surface area contributed by atoms with Gasteiger partial charge in [-0.1, -0.05) is 39.8 Å². The number of fused-ring (bicyclic) bond motifs is 5. The lowest BCUT2D eigenvalue weighted by atomic mass is 9.41. The molecule has 0 radical (unpaired) electrons. The van der Waals surface area contributed by atoms with Gasteiger partial charge in [0.15, 0.2) is 0 Å². The Kier molecular flexibility index (Phi) is 6.68. The van der Waals surface area contributed by atoms with E-state index >= 15 is 0 Å². The Morgan fingerprint density at radius 3 is 2.34 bits per heavy atom. The highest BCUT2D eigenvalue weighted by Gasteiger charge is 2.70. The molecule has 4 aliphatic carbocycles. The van der Waals surface area contributed by atoms with Gasteiger partial charge in [-0.15, -0.1) is 0 Å². The fraction of sp³-hybridized carbons (Fsp3) is 0.929. The highest BCUT2D eigenvalue weighted by molar-refractivity contribution is 5.19. The van der Waals surface area contributed by atoms with E-state index in [4.69, 9.17) is 0 Å². The van der Waals surface area contributed by atoms with E-state index in [-0.39, 0.29) is 23.9 Å². The molecule has 4 rings (SSSR count). The molecule has 0 bridgehead atoms. The van der Waals surface area contributed by atoms with E-state index in [2.05, 4.69) is 34.3 Å². The van der Waals surface area contributed by atoms with Crippen molar-refractivity contribution in [3.8, 4) is 0 Å². The van der Waals surface area contributed by atoms with Gasteiger partial charge in [0.1, 0.15) is 0 Å². The van der Waals surface area contributed by atoms with Crippen molar-refractivity contribution in [1.29, 1.82) is 0 Å². The Hall–Kier alpha value is -0.420. The van der Waals surface area contributed by atoms with Gasteiger partial charge in [-0.2, -0.15) is 0 Å². The summed E-state index contributed by atoms with van der Waals surface area (Å²) in [6, 6.07) is 0. The second-order valence-corrected chi connectivity index (χ2v) is 12.8. The zero-order chi connectivity index (χ0) is 23.5. The Bertz CT molecular complexity index is 706. The second kappa shape index (κ2) is 8.66. The maximum Gasteiger partial charge on any atom is 0.0761 e. The predicted octanol–water partition coefficient (Wildman–Crippen LogP) is 4.69. The van der Waals surface area contributed by atoms with E-state index in [1.165, 1.54) is 18.4 Å². The Morgan fingerprint density at radius 2 is 1.69 bits per heavy atom. The molecule has 4 saturated carbocycles. The first-order chi connectivity index (χ1) is 15.0. The standard InChI is InChI=1S/C28H48O4/c1-17(2)18(3)6-7-19(4)21-8-9-22-23-15-25(31)24-14-20(30)10-11-27(24,16-29)28(23,32)13-12-26(21,22)5/h17,19-25,29-32H,3,6-16H2,1-2,4-5H3. The van der Waals surface area contributed by atoms with Gasteiger partial charge in [0.05, 0.1) is 24.4 Å². The van der Waals surface area contributed by atoms with E-state index in [0.29, 0.717) is 55.8 Å². The van der Waals surface area contributed by atoms with Gasteiger partial charge >= 0.3 is 0 Å². The molecule has 0 aromatic rings. The van der Waals surface area contributed by atoms with E-state index in [1.54, 1.807) is 0 Å². The van der Waals surface area contributed by atoms with Gasteiger partial charge in [0.2, 0.25) is 0 Å². The molecule has 4 nitrogen and oxygen atoms in total. The van der Waals surface area contributed by atoms with E-state index in [9.17, 15) is 20.4 Å². The lowest BCUT2D eigenvalue weighted by molar-refractivity contribution is -0.280. The van der Waals surface area contributed by atoms with Crippen LogP contribution in [-0.4, -0.2) is 44.8 Å². The van der Waals surface area contributed by atoms with Crippen LogP contribution in [0.15, 0.2) is 12.2 Å². The van der Waals surface area contributed by atoms with Crippen LogP contribution in [0.4, 0.5) is 0 Å². The summed E-state index contributed by atoms with van der Waals surface area (Å²) >= 11 is 0. The molecular weight excluding hydrogens is 400 g/mol. The van der Waals surface area contributed by atoms with E-state index < -0.39 is 23.2 Å². The molecule has 10 unspecified atom stereocenters. The van der Waals surface area contributed by atoms with Crippen LogP contribution in [-0.2, 0) is 0 Å². The molecule has 184 valence electrons. The summed E-state index contributed by atoms with van der Waals surface area (Å²) in [6.45, 7) is 13.5. The summed E-state index contributed by atoms with van der Waals surface area (Å²) in [5, 5.41) is 44.4. The van der Waals surface area contributed by atoms with Crippen molar-refractivity contribution in [1.82, 2.24) is 0 Å². The molecule has 0 aromatic carbocycles. The molecule has 4 heteroatoms. The van der Waals surface area contributed by atoms with Crippen LogP contribution in [0.1, 0.15) is 91.9 Å². The lowest BCUT2D eigenvalue weighted by Gasteiger charge is -2.66. The lowest BCUT2D eigenvalue weighted by Crippen LogP contribution is -2.70. The summed E-state index contributed by atoms with van der Waals surface area (Å²) in [4.78, 5) is 0. The van der Waals surface area contributed by atoms with Crippen LogP contribution in [0.25, 0.3) is 0 Å². The predicted molar refractivity (Wildman–Crippen MR) is 128 cm³/mol. The number of hydrogen-bond acceptors (Lipinski definition) is 4. The molecule has 0 aliphatic heterocycles. The second-order valence-electron chi connectivity index (χ2n) is 12.8. The number of rotatable bonds is 6. The van der Waals surface area contributed by atoms with E-state index in [1.807, 2.05) is 0 Å². The zero-order valence-corrected chi connectivity index (χ0v) is 20.9. The molecule has 4 N–H and O–H groups in total. The zero-order valence-electron chi connectivity index (χ0n) is 20.9. The molecule has 32 heavy (non-hydrogen) atoms. The van der Waals surface area contributed by atoms with Crippen LogP contribution < -0.4 is 0 Å². The van der Waals surface area contributed by atoms with Crippen molar-refractivity contribution in [3.63, 3.8) is 0 Å². The van der Waals surface area contributed by atoms with Gasteiger partial charge in [-0.05, 0) is 105 Å². The maximum absolute atomic E-state index is 12.3. The maximum atomic E-state index is 12.3. The summed E-state index contributed by atoms with van der Waals surface area (Å²) < 4.78 is 0. The van der Waals surface area contributed by atoms with Gasteiger partial charge in [0, 0.05) is 5.41 Å². The van der Waals surface area contributed by atoms with Crippen LogP contribution in [0, 0.1) is 46.3 Å². The number of aliphatic hydroxyl groups excluding tert-OH is 3. The molecular formula is C28H48O4. The summed E-state index contributed by atoms with van der Waals surface area (Å²) in [5.41, 5.74) is -0.0676. The Balaban J connectivity index is 1.58. The smallest absolute Gasteiger partial charge is 0.0761 e. The molecule has 4 fully saturated rings. The molecule has 4 aliphatic rings. The van der Waals surface area contributed by atoms with Crippen molar-refractivity contribution < 1.29 is 20.4 Å². The fourth-order valence-electron chi connectivity index (χ4n) is 9.18. The quantitative estimate of drug-likeness (QED) is 0.444. The molecule has 0 saturated heterocycles. The summed E-state index contributed by atoms with van der Waals surface area (Å²) in [5.74, 6) is 2.04. The third-order valence-corrected chi connectivity index (χ3v) is 11.3. The van der Waals surface area contributed by atoms with Crippen molar-refractivity contribution in [2.24, 2.45) is 46.3 Å². The molecule has 10 atom stereocenters. The summed E-state index contributed by atoms with van der Waals surface area (Å²) in [7, 11) is 0. The van der Waals surface area contributed by atoms with Crippen LogP contribution >= 0.6 is 0 Å². The van der Waals surface area contributed by atoms with Gasteiger partial charge in [0.25, 0.3) is 0 Å². The normalized spacial score (nSPS) is 49.3. The van der Waals surface area contributed by atoms with Gasteiger partial charge < -0.3 is 20.4 Å². The Morgan fingerprint density at radius 1 is 0.969 bits per heavy atom. The van der Waals surface area contributed by atoms with E-state index in [0.717, 1.165) is 19.3 Å². The molecule has 0 spiro atoms. The first kappa shape index (κ1) is 24.7. The SMILES string of the molecule is C=C(CCC(C)C1CCC2C3CC(O)C4CC(O)CCC4(CO)C3(O)CCC12C)C(C)C. The highest BCUT2D eigenvalue weighted by atomic mass is 16.3. The third kappa shape index (κ3) is 3.54. The minimum absolute atomic E-state index is 0.0396. The van der Waals surface area contributed by atoms with Crippen molar-refractivity contribution in [2.45, 2.75) is 110 Å². The van der Waals surface area contributed by atoms with Gasteiger partial charge in [-0.3, -0.25) is 0 Å². The van der Waals surface area contributed by atoms with Crippen LogP contribution in [0.5, 0.6) is 0 Å². The first-order valence-electron chi connectivity index (χ1n) is 13.4. The molecule has 0 heterocycles. The monoisotopic (exact) mass is 448 g/mol. The van der Waals surface area contributed by atoms with Crippen molar-refractivity contribution in [3.05, 3.63) is 12.2 Å². The molecule has 0 amide bonds. The first-order valence-corrected chi connectivity index (χ1v) is 13.4. The Labute approximate surface area is 195 Å². The van der Waals surface area contributed by atoms with Crippen molar-refractivity contribution >= 4 is 0 Å². The minimum Gasteiger partial charge on any atom is -0.396 e. The molecule has 0 aromatic heterocycles. The number of aliphatic hydroxyl groups is 4. The van der Waals surface area contributed by atoms with Gasteiger partial charge in [-0.25, -0.2) is 0 Å². The van der Waals surface area contributed by atoms with Crippen molar-refractivity contribution in [2.75, 3.05) is 6.61 Å².